The molecule has 1 heterocycles. The number of benzene rings is 4. The molecular weight excluding hydrogens is 584 g/mol. The number of thioether (sulfide) groups is 1. The van der Waals surface area contributed by atoms with Crippen molar-refractivity contribution in [2.45, 2.75) is 18.2 Å². The summed E-state index contributed by atoms with van der Waals surface area (Å²) in [6, 6.07) is 26.6. The molecule has 1 aliphatic rings. The first kappa shape index (κ1) is 31.4. The Morgan fingerprint density at radius 2 is 1.50 bits per heavy atom. The number of amidine groups is 1. The van der Waals surface area contributed by atoms with Gasteiger partial charge in [0.15, 0.2) is 5.17 Å². The van der Waals surface area contributed by atoms with Crippen molar-refractivity contribution in [2.24, 2.45) is 4.99 Å². The van der Waals surface area contributed by atoms with Crippen molar-refractivity contribution in [3.05, 3.63) is 129 Å². The standard InChI is InChI=1S/C31H24FN3O4S2.Na/c1-20-2-16-27(17-3-20)41(38,39)35-29(36)19-22-6-14-26(15-7-22)33-31-34-30(37)28(40-31)18-21-4-8-23(9-5-21)24-10-12-25(32)13-11-24;/h2-18H,19H2,1H3,(H2,33,34,35,36,37);/q;+1/p-1. The van der Waals surface area contributed by atoms with Crippen LogP contribution in [0.15, 0.2) is 112 Å². The Morgan fingerprint density at radius 1 is 0.905 bits per heavy atom. The zero-order chi connectivity index (χ0) is 29.0. The number of hydrogen-bond acceptors (Lipinski definition) is 6. The molecule has 1 aliphatic heterocycles. The van der Waals surface area contributed by atoms with Gasteiger partial charge in [-0.2, -0.15) is 0 Å². The van der Waals surface area contributed by atoms with Crippen LogP contribution in [0.4, 0.5) is 10.1 Å². The van der Waals surface area contributed by atoms with Crippen molar-refractivity contribution in [3.63, 3.8) is 0 Å². The molecule has 42 heavy (non-hydrogen) atoms. The average molecular weight is 608 g/mol. The Balaban J connectivity index is 0.00000405. The molecule has 0 saturated carbocycles. The summed E-state index contributed by atoms with van der Waals surface area (Å²) in [5.41, 5.74) is 4.69. The second-order valence-corrected chi connectivity index (χ2v) is 11.9. The summed E-state index contributed by atoms with van der Waals surface area (Å²) in [6.07, 6.45) is 1.58. The van der Waals surface area contributed by atoms with Crippen molar-refractivity contribution >= 4 is 50.5 Å². The molecule has 0 aromatic heterocycles. The Hall–Kier alpha value is -3.54. The molecule has 1 fully saturated rings. The van der Waals surface area contributed by atoms with Gasteiger partial charge in [-0.25, -0.2) is 17.8 Å². The van der Waals surface area contributed by atoms with Crippen LogP contribution in [0.5, 0.6) is 0 Å². The van der Waals surface area contributed by atoms with E-state index in [9.17, 15) is 22.4 Å². The van der Waals surface area contributed by atoms with Gasteiger partial charge in [-0.15, -0.1) is 0 Å². The first-order valence-electron chi connectivity index (χ1n) is 12.5. The fourth-order valence-electron chi connectivity index (χ4n) is 3.96. The van der Waals surface area contributed by atoms with E-state index < -0.39 is 15.9 Å². The molecule has 0 unspecified atom stereocenters. The van der Waals surface area contributed by atoms with Crippen LogP contribution >= 0.6 is 11.8 Å². The normalized spacial score (nSPS) is 14.9. The van der Waals surface area contributed by atoms with E-state index >= 15 is 0 Å². The molecule has 0 spiro atoms. The van der Waals surface area contributed by atoms with Gasteiger partial charge < -0.3 is 14.8 Å². The number of aryl methyl sites for hydroxylation is 1. The number of amides is 2. The van der Waals surface area contributed by atoms with E-state index in [2.05, 4.69) is 15.0 Å². The third-order valence-electron chi connectivity index (χ3n) is 6.10. The number of nitrogens with zero attached hydrogens (tertiary/aromatic N) is 2. The molecule has 4 aromatic rings. The molecule has 0 aliphatic carbocycles. The Labute approximate surface area is 269 Å². The topological polar surface area (TPSA) is 107 Å². The van der Waals surface area contributed by atoms with Gasteiger partial charge in [0, 0.05) is 6.42 Å². The number of carbonyl (C=O) groups is 2. The maximum atomic E-state index is 13.2. The molecule has 0 atom stereocenters. The summed E-state index contributed by atoms with van der Waals surface area (Å²) < 4.78 is 41.4. The van der Waals surface area contributed by atoms with Crippen LogP contribution in [-0.2, 0) is 26.0 Å². The minimum absolute atomic E-state index is 0. The molecule has 0 radical (unpaired) electrons. The predicted molar refractivity (Wildman–Crippen MR) is 160 cm³/mol. The van der Waals surface area contributed by atoms with E-state index in [1.54, 1.807) is 54.6 Å². The van der Waals surface area contributed by atoms with E-state index in [-0.39, 0.29) is 52.6 Å². The smallest absolute Gasteiger partial charge is 0.541 e. The fourth-order valence-corrected chi connectivity index (χ4v) is 5.72. The second-order valence-electron chi connectivity index (χ2n) is 9.23. The minimum atomic E-state index is -4.08. The van der Waals surface area contributed by atoms with Crippen LogP contribution in [0, 0.1) is 12.7 Å². The number of sulfonamides is 1. The van der Waals surface area contributed by atoms with Crippen molar-refractivity contribution < 1.29 is 52.0 Å². The first-order chi connectivity index (χ1) is 19.6. The van der Waals surface area contributed by atoms with Crippen LogP contribution in [0.1, 0.15) is 16.7 Å². The van der Waals surface area contributed by atoms with Crippen molar-refractivity contribution in [3.8, 4) is 11.1 Å². The van der Waals surface area contributed by atoms with Crippen molar-refractivity contribution in [1.82, 2.24) is 5.32 Å². The second kappa shape index (κ2) is 13.6. The van der Waals surface area contributed by atoms with E-state index in [0.717, 1.165) is 22.3 Å². The summed E-state index contributed by atoms with van der Waals surface area (Å²) >= 11 is 1.20. The molecule has 0 bridgehead atoms. The molecule has 11 heteroatoms. The number of nitrogens with one attached hydrogen (secondary N) is 1. The number of rotatable bonds is 7. The van der Waals surface area contributed by atoms with Gasteiger partial charge in [0.05, 0.1) is 21.4 Å². The number of aliphatic imine (C=N–C) groups is 1. The van der Waals surface area contributed by atoms with Gasteiger partial charge >= 0.3 is 29.6 Å². The number of carbonyl (C=O) groups excluding carboxylic acids is 2. The summed E-state index contributed by atoms with van der Waals surface area (Å²) in [6.45, 7) is 1.83. The van der Waals surface area contributed by atoms with Gasteiger partial charge in [-0.05, 0) is 83.4 Å². The third kappa shape index (κ3) is 8.05. The minimum Gasteiger partial charge on any atom is -0.541 e. The van der Waals surface area contributed by atoms with Crippen LogP contribution < -0.4 is 34.9 Å². The SMILES string of the molecule is Cc1ccc(S(=O)(=O)[N-]C(=O)Cc2ccc(N=C3NC(=O)C(=Cc4ccc(-c5ccc(F)cc5)cc4)S3)cc2)cc1.[Na+]. The molecule has 7 nitrogen and oxygen atoms in total. The Bertz CT molecular complexity index is 1770. The molecule has 5 rings (SSSR count). The van der Waals surface area contributed by atoms with Crippen molar-refractivity contribution in [2.75, 3.05) is 0 Å². The first-order valence-corrected chi connectivity index (χ1v) is 14.7. The molecule has 1 saturated heterocycles. The van der Waals surface area contributed by atoms with Crippen LogP contribution in [0.3, 0.4) is 0 Å². The maximum Gasteiger partial charge on any atom is 1.00 e. The predicted octanol–water partition coefficient (Wildman–Crippen LogP) is 3.53. The Morgan fingerprint density at radius 3 is 2.12 bits per heavy atom. The fraction of sp³-hybridized carbons (Fsp3) is 0.0645. The quantitative estimate of drug-likeness (QED) is 0.256. The van der Waals surface area contributed by atoms with Gasteiger partial charge in [0.25, 0.3) is 5.91 Å². The number of hydrogen-bond donors (Lipinski definition) is 1. The molecule has 206 valence electrons. The zero-order valence-electron chi connectivity index (χ0n) is 22.7. The van der Waals surface area contributed by atoms with Gasteiger partial charge in [0.1, 0.15) is 15.8 Å². The monoisotopic (exact) mass is 607 g/mol. The van der Waals surface area contributed by atoms with E-state index in [4.69, 9.17) is 0 Å². The zero-order valence-corrected chi connectivity index (χ0v) is 26.4. The van der Waals surface area contributed by atoms with E-state index in [1.807, 2.05) is 31.2 Å². The molecular formula is C31H23FN3NaO4S2. The number of halogens is 1. The summed E-state index contributed by atoms with van der Waals surface area (Å²) in [4.78, 5) is 29.7. The molecule has 2 amide bonds. The summed E-state index contributed by atoms with van der Waals surface area (Å²) in [5.74, 6) is -1.33. The van der Waals surface area contributed by atoms with E-state index in [0.29, 0.717) is 21.3 Å². The van der Waals surface area contributed by atoms with Gasteiger partial charge in [-0.3, -0.25) is 4.79 Å². The summed E-state index contributed by atoms with van der Waals surface area (Å²) in [5, 5.41) is 3.15. The van der Waals surface area contributed by atoms with Gasteiger partial charge in [0.2, 0.25) is 0 Å². The average Bonchev–Trinajstić information content (AvgIpc) is 3.28. The van der Waals surface area contributed by atoms with Gasteiger partial charge in [-0.1, -0.05) is 66.2 Å². The Kier molecular flexibility index (Phi) is 10.2. The van der Waals surface area contributed by atoms with Crippen LogP contribution in [0.25, 0.3) is 21.9 Å². The maximum absolute atomic E-state index is 13.2. The van der Waals surface area contributed by atoms with Crippen molar-refractivity contribution in [1.29, 1.82) is 0 Å². The third-order valence-corrected chi connectivity index (χ3v) is 8.32. The van der Waals surface area contributed by atoms with E-state index in [1.165, 1.54) is 36.0 Å². The van der Waals surface area contributed by atoms with Crippen LogP contribution in [-0.4, -0.2) is 25.4 Å². The van der Waals surface area contributed by atoms with Crippen LogP contribution in [0.2, 0.25) is 0 Å². The summed E-state index contributed by atoms with van der Waals surface area (Å²) in [7, 11) is -4.08. The largest absolute Gasteiger partial charge is 1.00 e. The molecule has 4 aromatic carbocycles. The molecule has 1 N–H and O–H groups in total.